The second-order valence-corrected chi connectivity index (χ2v) is 6.43. The Kier molecular flexibility index (Phi) is 5.61. The Morgan fingerprint density at radius 1 is 0.833 bits per heavy atom. The Balaban J connectivity index is 1.46. The minimum Gasteiger partial charge on any atom is -0.493 e. The maximum Gasteiger partial charge on any atom is 0.258 e. The van der Waals surface area contributed by atoms with Crippen LogP contribution in [0.25, 0.3) is 22.8 Å². The first-order valence-corrected chi connectivity index (χ1v) is 9.20. The first kappa shape index (κ1) is 19.4. The van der Waals surface area contributed by atoms with Crippen molar-refractivity contribution >= 4 is 0 Å². The zero-order chi connectivity index (χ0) is 20.9. The lowest BCUT2D eigenvalue weighted by molar-refractivity contribution is 0.306. The molecule has 4 aromatic rings. The number of hydrogen-bond donors (Lipinski definition) is 0. The molecule has 0 aliphatic carbocycles. The van der Waals surface area contributed by atoms with Crippen LogP contribution >= 0.6 is 0 Å². The summed E-state index contributed by atoms with van der Waals surface area (Å²) >= 11 is 0. The Morgan fingerprint density at radius 3 is 2.23 bits per heavy atom. The number of hydrogen-bond acceptors (Lipinski definition) is 6. The lowest BCUT2D eigenvalue weighted by Gasteiger charge is -2.07. The topological polar surface area (TPSA) is 66.6 Å². The van der Waals surface area contributed by atoms with E-state index in [0.717, 1.165) is 16.7 Å². The van der Waals surface area contributed by atoms with Crippen molar-refractivity contribution in [2.75, 3.05) is 14.2 Å². The number of ether oxygens (including phenoxy) is 3. The van der Waals surface area contributed by atoms with Gasteiger partial charge in [-0.15, -0.1) is 0 Å². The quantitative estimate of drug-likeness (QED) is 0.423. The highest BCUT2D eigenvalue weighted by Gasteiger charge is 2.13. The molecule has 0 saturated heterocycles. The SMILES string of the molecule is COc1ccc(-c2nc(-c3ccc(OCc4ccc(F)cc4)cc3)no2)cc1OC. The summed E-state index contributed by atoms with van der Waals surface area (Å²) in [5.41, 5.74) is 2.41. The molecular weight excluding hydrogens is 387 g/mol. The van der Waals surface area contributed by atoms with E-state index in [-0.39, 0.29) is 5.82 Å². The van der Waals surface area contributed by atoms with Crippen LogP contribution in [0.2, 0.25) is 0 Å². The largest absolute Gasteiger partial charge is 0.493 e. The molecule has 3 aromatic carbocycles. The van der Waals surface area contributed by atoms with Crippen LogP contribution in [-0.2, 0) is 6.61 Å². The highest BCUT2D eigenvalue weighted by atomic mass is 19.1. The molecule has 0 saturated carbocycles. The van der Waals surface area contributed by atoms with Gasteiger partial charge >= 0.3 is 0 Å². The van der Waals surface area contributed by atoms with Crippen LogP contribution in [0.3, 0.4) is 0 Å². The van der Waals surface area contributed by atoms with E-state index in [4.69, 9.17) is 18.7 Å². The van der Waals surface area contributed by atoms with Crippen LogP contribution in [0.1, 0.15) is 5.56 Å². The van der Waals surface area contributed by atoms with E-state index in [1.165, 1.54) is 12.1 Å². The number of rotatable bonds is 7. The van der Waals surface area contributed by atoms with Crippen LogP contribution < -0.4 is 14.2 Å². The minimum atomic E-state index is -0.268. The number of nitrogens with zero attached hydrogens (tertiary/aromatic N) is 2. The molecule has 7 heteroatoms. The van der Waals surface area contributed by atoms with Gasteiger partial charge in [0.1, 0.15) is 18.2 Å². The summed E-state index contributed by atoms with van der Waals surface area (Å²) in [6, 6.07) is 18.9. The summed E-state index contributed by atoms with van der Waals surface area (Å²) in [4.78, 5) is 4.46. The van der Waals surface area contributed by atoms with E-state index in [9.17, 15) is 4.39 Å². The van der Waals surface area contributed by atoms with Crippen molar-refractivity contribution in [3.63, 3.8) is 0 Å². The Hall–Kier alpha value is -3.87. The third kappa shape index (κ3) is 4.25. The highest BCUT2D eigenvalue weighted by molar-refractivity contribution is 5.63. The van der Waals surface area contributed by atoms with E-state index in [1.807, 2.05) is 30.3 Å². The van der Waals surface area contributed by atoms with E-state index >= 15 is 0 Å². The summed E-state index contributed by atoms with van der Waals surface area (Å²) in [6.45, 7) is 0.352. The van der Waals surface area contributed by atoms with Crippen molar-refractivity contribution in [2.24, 2.45) is 0 Å². The number of halogens is 1. The zero-order valence-corrected chi connectivity index (χ0v) is 16.5. The predicted octanol–water partition coefficient (Wildman–Crippen LogP) is 5.14. The van der Waals surface area contributed by atoms with Gasteiger partial charge in [-0.2, -0.15) is 4.98 Å². The molecule has 0 aliphatic rings. The fourth-order valence-corrected chi connectivity index (χ4v) is 2.87. The van der Waals surface area contributed by atoms with Gasteiger partial charge in [0.05, 0.1) is 14.2 Å². The molecule has 0 unspecified atom stereocenters. The highest BCUT2D eigenvalue weighted by Crippen LogP contribution is 2.32. The number of benzene rings is 3. The van der Waals surface area contributed by atoms with E-state index in [0.29, 0.717) is 35.6 Å². The summed E-state index contributed by atoms with van der Waals surface area (Å²) in [5, 5.41) is 4.06. The monoisotopic (exact) mass is 406 g/mol. The molecule has 0 atom stereocenters. The van der Waals surface area contributed by atoms with Crippen molar-refractivity contribution in [3.05, 3.63) is 78.1 Å². The van der Waals surface area contributed by atoms with Gasteiger partial charge in [-0.1, -0.05) is 17.3 Å². The molecule has 0 radical (unpaired) electrons. The normalized spacial score (nSPS) is 10.6. The Morgan fingerprint density at radius 2 is 1.53 bits per heavy atom. The van der Waals surface area contributed by atoms with Crippen molar-refractivity contribution in [2.45, 2.75) is 6.61 Å². The van der Waals surface area contributed by atoms with Crippen LogP contribution in [0, 0.1) is 5.82 Å². The average Bonchev–Trinajstić information content (AvgIpc) is 3.29. The summed E-state index contributed by atoms with van der Waals surface area (Å²) in [6.07, 6.45) is 0. The molecule has 0 spiro atoms. The molecule has 0 fully saturated rings. The van der Waals surface area contributed by atoms with Gasteiger partial charge in [0.15, 0.2) is 11.5 Å². The molecular formula is C23H19FN2O4. The standard InChI is InChI=1S/C23H19FN2O4/c1-27-20-12-7-17(13-21(20)28-2)23-25-22(26-30-23)16-5-10-19(11-6-16)29-14-15-3-8-18(24)9-4-15/h3-13H,14H2,1-2H3. The molecule has 0 bridgehead atoms. The summed E-state index contributed by atoms with van der Waals surface area (Å²) in [5.74, 6) is 2.46. The van der Waals surface area contributed by atoms with Crippen molar-refractivity contribution in [1.29, 1.82) is 0 Å². The molecule has 0 N–H and O–H groups in total. The van der Waals surface area contributed by atoms with Crippen molar-refractivity contribution in [1.82, 2.24) is 10.1 Å². The van der Waals surface area contributed by atoms with E-state index in [1.54, 1.807) is 38.5 Å². The van der Waals surface area contributed by atoms with Gasteiger partial charge < -0.3 is 18.7 Å². The Bertz CT molecular complexity index is 1120. The second-order valence-electron chi connectivity index (χ2n) is 6.43. The molecule has 4 rings (SSSR count). The third-order valence-corrected chi connectivity index (χ3v) is 4.49. The smallest absolute Gasteiger partial charge is 0.258 e. The molecule has 0 aliphatic heterocycles. The van der Waals surface area contributed by atoms with Gasteiger partial charge in [0.2, 0.25) is 5.82 Å². The lowest BCUT2D eigenvalue weighted by Crippen LogP contribution is -1.95. The Labute approximate surface area is 172 Å². The third-order valence-electron chi connectivity index (χ3n) is 4.49. The van der Waals surface area contributed by atoms with Gasteiger partial charge in [0, 0.05) is 11.1 Å². The number of methoxy groups -OCH3 is 2. The zero-order valence-electron chi connectivity index (χ0n) is 16.5. The maximum absolute atomic E-state index is 13.0. The van der Waals surface area contributed by atoms with Gasteiger partial charge in [-0.05, 0) is 60.2 Å². The maximum atomic E-state index is 13.0. The minimum absolute atomic E-state index is 0.268. The lowest BCUT2D eigenvalue weighted by atomic mass is 10.2. The predicted molar refractivity (Wildman–Crippen MR) is 109 cm³/mol. The van der Waals surface area contributed by atoms with Crippen LogP contribution in [0.5, 0.6) is 17.2 Å². The fourth-order valence-electron chi connectivity index (χ4n) is 2.87. The van der Waals surface area contributed by atoms with Crippen molar-refractivity contribution < 1.29 is 23.1 Å². The van der Waals surface area contributed by atoms with Crippen LogP contribution in [0.15, 0.2) is 71.3 Å². The van der Waals surface area contributed by atoms with Gasteiger partial charge in [-0.25, -0.2) is 4.39 Å². The molecule has 1 heterocycles. The van der Waals surface area contributed by atoms with Gasteiger partial charge in [-0.3, -0.25) is 0 Å². The van der Waals surface area contributed by atoms with Crippen LogP contribution in [0.4, 0.5) is 4.39 Å². The first-order valence-electron chi connectivity index (χ1n) is 9.20. The first-order chi connectivity index (χ1) is 14.7. The van der Waals surface area contributed by atoms with Crippen molar-refractivity contribution in [3.8, 4) is 40.1 Å². The van der Waals surface area contributed by atoms with E-state index in [2.05, 4.69) is 10.1 Å². The molecule has 152 valence electrons. The number of aromatic nitrogens is 2. The second kappa shape index (κ2) is 8.65. The average molecular weight is 406 g/mol. The molecule has 30 heavy (non-hydrogen) atoms. The molecule has 1 aromatic heterocycles. The molecule has 6 nitrogen and oxygen atoms in total. The molecule has 0 amide bonds. The van der Waals surface area contributed by atoms with E-state index < -0.39 is 0 Å². The van der Waals surface area contributed by atoms with Gasteiger partial charge in [0.25, 0.3) is 5.89 Å². The summed E-state index contributed by atoms with van der Waals surface area (Å²) in [7, 11) is 3.15. The fraction of sp³-hybridized carbons (Fsp3) is 0.130. The summed E-state index contributed by atoms with van der Waals surface area (Å²) < 4.78 is 34.7. The van der Waals surface area contributed by atoms with Crippen LogP contribution in [-0.4, -0.2) is 24.4 Å².